The minimum Gasteiger partial charge on any atom is -0.497 e. The zero-order chi connectivity index (χ0) is 19.4. The van der Waals surface area contributed by atoms with Crippen molar-refractivity contribution in [3.63, 3.8) is 0 Å². The lowest BCUT2D eigenvalue weighted by Crippen LogP contribution is -2.58. The highest BCUT2D eigenvalue weighted by Gasteiger charge is 2.68. The van der Waals surface area contributed by atoms with E-state index in [1.807, 2.05) is 6.07 Å². The number of benzene rings is 1. The molecule has 1 saturated heterocycles. The van der Waals surface area contributed by atoms with Gasteiger partial charge in [-0.15, -0.1) is 0 Å². The van der Waals surface area contributed by atoms with Gasteiger partial charge >= 0.3 is 0 Å². The van der Waals surface area contributed by atoms with Gasteiger partial charge in [0.1, 0.15) is 11.5 Å². The smallest absolute Gasteiger partial charge is 0.217 e. The maximum Gasteiger partial charge on any atom is 0.217 e. The molecule has 0 aromatic heterocycles. The Morgan fingerprint density at radius 2 is 1.85 bits per heavy atom. The van der Waals surface area contributed by atoms with Gasteiger partial charge < -0.3 is 19.5 Å². The highest BCUT2D eigenvalue weighted by molar-refractivity contribution is 5.73. The molecule has 5 atom stereocenters. The predicted octanol–water partition coefficient (Wildman–Crippen LogP) is 3.72. The predicted molar refractivity (Wildman–Crippen MR) is 103 cm³/mol. The van der Waals surface area contributed by atoms with Crippen molar-refractivity contribution in [2.75, 3.05) is 20.8 Å². The van der Waals surface area contributed by atoms with Crippen LogP contribution in [0.4, 0.5) is 0 Å². The van der Waals surface area contributed by atoms with Crippen molar-refractivity contribution >= 4 is 5.91 Å². The van der Waals surface area contributed by atoms with E-state index in [1.54, 1.807) is 21.1 Å². The van der Waals surface area contributed by atoms with Gasteiger partial charge in [0.05, 0.1) is 20.3 Å². The molecule has 1 unspecified atom stereocenters. The molecule has 148 valence electrons. The molecule has 1 aromatic carbocycles. The Kier molecular flexibility index (Phi) is 4.41. The zero-order valence-electron chi connectivity index (χ0n) is 17.0. The quantitative estimate of drug-likeness (QED) is 0.874. The Hall–Kier alpha value is -1.75. The van der Waals surface area contributed by atoms with Gasteiger partial charge in [0.25, 0.3) is 0 Å². The van der Waals surface area contributed by atoms with Gasteiger partial charge in [0.15, 0.2) is 0 Å². The topological polar surface area (TPSA) is 56.8 Å². The Morgan fingerprint density at radius 1 is 1.19 bits per heavy atom. The number of ether oxygens (including phenoxy) is 3. The Bertz CT molecular complexity index is 724. The van der Waals surface area contributed by atoms with E-state index < -0.39 is 0 Å². The third-order valence-electron chi connectivity index (χ3n) is 7.55. The van der Waals surface area contributed by atoms with Crippen LogP contribution in [0.3, 0.4) is 0 Å². The van der Waals surface area contributed by atoms with Crippen molar-refractivity contribution in [3.8, 4) is 11.5 Å². The summed E-state index contributed by atoms with van der Waals surface area (Å²) in [6.45, 7) is 7.00. The first-order chi connectivity index (χ1) is 12.8. The van der Waals surface area contributed by atoms with Crippen molar-refractivity contribution in [1.82, 2.24) is 5.32 Å². The standard InChI is InChI=1S/C22H31NO4/c1-13(24)23-20-21(2,3)15-10-18-19(27-7-6-22(18,20)12-15)14-8-16(25-4)11-17(9-14)26-5/h8-9,11,15,18-20H,6-7,10,12H2,1-5H3,(H,23,24)/t15-,18-,19-,20+,22?/m1/s1. The van der Waals surface area contributed by atoms with Crippen LogP contribution in [0.1, 0.15) is 51.7 Å². The number of hydrogen-bond donors (Lipinski definition) is 1. The van der Waals surface area contributed by atoms with Crippen LogP contribution in [0.5, 0.6) is 11.5 Å². The van der Waals surface area contributed by atoms with E-state index >= 15 is 0 Å². The van der Waals surface area contributed by atoms with Gasteiger partial charge in [0, 0.05) is 25.6 Å². The molecule has 1 N–H and O–H groups in total. The summed E-state index contributed by atoms with van der Waals surface area (Å²) in [5, 5.41) is 3.33. The molecule has 5 nitrogen and oxygen atoms in total. The molecular weight excluding hydrogens is 342 g/mol. The molecule has 0 radical (unpaired) electrons. The third-order valence-corrected chi connectivity index (χ3v) is 7.55. The third kappa shape index (κ3) is 2.74. The van der Waals surface area contributed by atoms with E-state index in [0.717, 1.165) is 36.5 Å². The van der Waals surface area contributed by atoms with Crippen LogP contribution in [0, 0.1) is 22.7 Å². The summed E-state index contributed by atoms with van der Waals surface area (Å²) in [7, 11) is 3.35. The van der Waals surface area contributed by atoms with E-state index in [1.165, 1.54) is 6.42 Å². The normalized spacial score (nSPS) is 36.2. The minimum atomic E-state index is 0.0140. The number of carbonyl (C=O) groups excluding carboxylic acids is 1. The van der Waals surface area contributed by atoms with E-state index in [2.05, 4.69) is 31.3 Å². The number of methoxy groups -OCH3 is 2. The first-order valence-corrected chi connectivity index (χ1v) is 9.93. The van der Waals surface area contributed by atoms with Gasteiger partial charge in [-0.1, -0.05) is 13.8 Å². The van der Waals surface area contributed by atoms with Gasteiger partial charge in [0.2, 0.25) is 5.91 Å². The molecule has 1 heterocycles. The average Bonchev–Trinajstić information content (AvgIpc) is 3.13. The van der Waals surface area contributed by atoms with E-state index in [9.17, 15) is 4.79 Å². The highest BCUT2D eigenvalue weighted by atomic mass is 16.5. The van der Waals surface area contributed by atoms with E-state index in [-0.39, 0.29) is 28.9 Å². The van der Waals surface area contributed by atoms with Crippen molar-refractivity contribution in [2.45, 2.75) is 52.2 Å². The SMILES string of the molecule is COc1cc(OC)cc([C@H]2OCCC34C[C@@H](C[C@H]23)C(C)(C)[C@@H]4NC(C)=O)c1. The zero-order valence-corrected chi connectivity index (χ0v) is 17.0. The second kappa shape index (κ2) is 6.40. The Balaban J connectivity index is 1.72. The second-order valence-electron chi connectivity index (χ2n) is 9.12. The molecule has 4 rings (SSSR count). The first-order valence-electron chi connectivity index (χ1n) is 9.93. The van der Waals surface area contributed by atoms with Gasteiger partial charge in [-0.3, -0.25) is 4.79 Å². The molecule has 2 aliphatic carbocycles. The molecule has 1 aliphatic heterocycles. The van der Waals surface area contributed by atoms with Crippen LogP contribution >= 0.6 is 0 Å². The van der Waals surface area contributed by atoms with Crippen LogP contribution in [0.25, 0.3) is 0 Å². The molecule has 3 aliphatic rings. The molecule has 1 spiro atoms. The Morgan fingerprint density at radius 3 is 2.44 bits per heavy atom. The molecule has 1 amide bonds. The monoisotopic (exact) mass is 373 g/mol. The number of carbonyl (C=O) groups is 1. The van der Waals surface area contributed by atoms with Gasteiger partial charge in [-0.25, -0.2) is 0 Å². The highest BCUT2D eigenvalue weighted by Crippen LogP contribution is 2.70. The maximum absolute atomic E-state index is 12.0. The maximum atomic E-state index is 12.0. The molecule has 2 saturated carbocycles. The summed E-state index contributed by atoms with van der Waals surface area (Å²) >= 11 is 0. The number of hydrogen-bond acceptors (Lipinski definition) is 4. The summed E-state index contributed by atoms with van der Waals surface area (Å²) in [5.74, 6) is 2.65. The van der Waals surface area contributed by atoms with Crippen LogP contribution in [-0.2, 0) is 9.53 Å². The summed E-state index contributed by atoms with van der Waals surface area (Å²) in [6.07, 6.45) is 3.35. The van der Waals surface area contributed by atoms with Crippen molar-refractivity contribution < 1.29 is 19.0 Å². The molecular formula is C22H31NO4. The second-order valence-corrected chi connectivity index (χ2v) is 9.12. The van der Waals surface area contributed by atoms with Gasteiger partial charge in [-0.2, -0.15) is 0 Å². The molecule has 1 aromatic rings. The lowest BCUT2D eigenvalue weighted by molar-refractivity contribution is -0.136. The fourth-order valence-electron chi connectivity index (χ4n) is 6.31. The Labute approximate surface area is 161 Å². The van der Waals surface area contributed by atoms with Crippen LogP contribution in [-0.4, -0.2) is 32.8 Å². The number of rotatable bonds is 4. The molecule has 3 fully saturated rings. The fourth-order valence-corrected chi connectivity index (χ4v) is 6.31. The van der Waals surface area contributed by atoms with E-state index in [0.29, 0.717) is 11.8 Å². The summed E-state index contributed by atoms with van der Waals surface area (Å²) in [4.78, 5) is 12.0. The fraction of sp³-hybridized carbons (Fsp3) is 0.682. The first kappa shape index (κ1) is 18.6. The lowest BCUT2D eigenvalue weighted by atomic mass is 9.59. The minimum absolute atomic E-state index is 0.0140. The van der Waals surface area contributed by atoms with Crippen LogP contribution in [0.15, 0.2) is 18.2 Å². The molecule has 5 heteroatoms. The van der Waals surface area contributed by atoms with Crippen LogP contribution in [0.2, 0.25) is 0 Å². The van der Waals surface area contributed by atoms with Crippen molar-refractivity contribution in [2.24, 2.45) is 22.7 Å². The molecule has 27 heavy (non-hydrogen) atoms. The lowest BCUT2D eigenvalue weighted by Gasteiger charge is -2.53. The average molecular weight is 373 g/mol. The van der Waals surface area contributed by atoms with Crippen LogP contribution < -0.4 is 14.8 Å². The van der Waals surface area contributed by atoms with Crippen molar-refractivity contribution in [1.29, 1.82) is 0 Å². The van der Waals surface area contributed by atoms with Crippen molar-refractivity contribution in [3.05, 3.63) is 23.8 Å². The largest absolute Gasteiger partial charge is 0.497 e. The van der Waals surface area contributed by atoms with Gasteiger partial charge in [-0.05, 0) is 59.6 Å². The number of nitrogens with one attached hydrogen (secondary N) is 1. The number of amides is 1. The summed E-state index contributed by atoms with van der Waals surface area (Å²) in [6, 6.07) is 6.23. The summed E-state index contributed by atoms with van der Waals surface area (Å²) in [5.41, 5.74) is 1.34. The molecule has 2 bridgehead atoms. The summed E-state index contributed by atoms with van der Waals surface area (Å²) < 4.78 is 17.3. The number of fused-ring (bicyclic) bond motifs is 1. The van der Waals surface area contributed by atoms with E-state index in [4.69, 9.17) is 14.2 Å².